The lowest BCUT2D eigenvalue weighted by Crippen LogP contribution is -2.24. The molecule has 0 aromatic heterocycles. The Balaban J connectivity index is 1.54. The molecule has 1 aliphatic heterocycles. The Labute approximate surface area is 129 Å². The summed E-state index contributed by atoms with van der Waals surface area (Å²) in [7, 11) is 0. The van der Waals surface area contributed by atoms with Crippen molar-refractivity contribution >= 4 is 29.3 Å². The van der Waals surface area contributed by atoms with Crippen LogP contribution in [0.4, 0.5) is 5.69 Å². The maximum atomic E-state index is 12.0. The van der Waals surface area contributed by atoms with Crippen LogP contribution in [0.15, 0.2) is 29.2 Å². The van der Waals surface area contributed by atoms with Crippen LogP contribution in [0.3, 0.4) is 0 Å². The van der Waals surface area contributed by atoms with Crippen molar-refractivity contribution in [3.8, 4) is 0 Å². The molecular formula is C16H20N2O2S. The van der Waals surface area contributed by atoms with Crippen LogP contribution in [0.2, 0.25) is 0 Å². The normalized spacial score (nSPS) is 22.3. The SMILES string of the molecule is O=C1CC(C(=O)Nc2ccc(SC3CCCC3)cc2)CN1. The summed E-state index contributed by atoms with van der Waals surface area (Å²) in [4.78, 5) is 24.4. The zero-order chi connectivity index (χ0) is 14.7. The third-order valence-corrected chi connectivity index (χ3v) is 5.42. The molecule has 1 aliphatic carbocycles. The predicted molar refractivity (Wildman–Crippen MR) is 84.3 cm³/mol. The lowest BCUT2D eigenvalue weighted by molar-refractivity contribution is -0.123. The first kappa shape index (κ1) is 14.4. The van der Waals surface area contributed by atoms with E-state index in [9.17, 15) is 9.59 Å². The highest BCUT2D eigenvalue weighted by Gasteiger charge is 2.27. The summed E-state index contributed by atoms with van der Waals surface area (Å²) in [6.07, 6.45) is 5.61. The molecule has 1 atom stereocenters. The summed E-state index contributed by atoms with van der Waals surface area (Å²) in [5, 5.41) is 6.32. The molecular weight excluding hydrogens is 284 g/mol. The van der Waals surface area contributed by atoms with Gasteiger partial charge in [0.25, 0.3) is 0 Å². The lowest BCUT2D eigenvalue weighted by Gasteiger charge is -2.11. The number of carbonyl (C=O) groups excluding carboxylic acids is 2. The topological polar surface area (TPSA) is 58.2 Å². The molecule has 2 fully saturated rings. The molecule has 1 saturated heterocycles. The van der Waals surface area contributed by atoms with E-state index in [-0.39, 0.29) is 17.7 Å². The van der Waals surface area contributed by atoms with E-state index in [1.54, 1.807) is 0 Å². The van der Waals surface area contributed by atoms with Crippen molar-refractivity contribution in [3.05, 3.63) is 24.3 Å². The van der Waals surface area contributed by atoms with E-state index >= 15 is 0 Å². The van der Waals surface area contributed by atoms with Crippen molar-refractivity contribution in [2.24, 2.45) is 5.92 Å². The van der Waals surface area contributed by atoms with Gasteiger partial charge in [-0.3, -0.25) is 9.59 Å². The molecule has 5 heteroatoms. The minimum absolute atomic E-state index is 0.0431. The van der Waals surface area contributed by atoms with E-state index in [0.717, 1.165) is 10.9 Å². The van der Waals surface area contributed by atoms with E-state index in [2.05, 4.69) is 22.8 Å². The molecule has 21 heavy (non-hydrogen) atoms. The number of hydrogen-bond donors (Lipinski definition) is 2. The van der Waals surface area contributed by atoms with Crippen molar-refractivity contribution in [1.82, 2.24) is 5.32 Å². The van der Waals surface area contributed by atoms with Gasteiger partial charge in [0.1, 0.15) is 0 Å². The molecule has 1 heterocycles. The van der Waals surface area contributed by atoms with Gasteiger partial charge in [-0.1, -0.05) is 12.8 Å². The fourth-order valence-electron chi connectivity index (χ4n) is 2.85. The summed E-state index contributed by atoms with van der Waals surface area (Å²) in [6, 6.07) is 8.02. The highest BCUT2D eigenvalue weighted by Crippen LogP contribution is 2.34. The molecule has 0 spiro atoms. The van der Waals surface area contributed by atoms with Crippen LogP contribution >= 0.6 is 11.8 Å². The van der Waals surface area contributed by atoms with Crippen molar-refractivity contribution in [3.63, 3.8) is 0 Å². The lowest BCUT2D eigenvalue weighted by atomic mass is 10.1. The molecule has 1 aromatic rings. The van der Waals surface area contributed by atoms with Crippen molar-refractivity contribution in [2.75, 3.05) is 11.9 Å². The molecule has 2 N–H and O–H groups in total. The van der Waals surface area contributed by atoms with Gasteiger partial charge in [0.05, 0.1) is 5.92 Å². The number of rotatable bonds is 4. The molecule has 0 bridgehead atoms. The van der Waals surface area contributed by atoms with Gasteiger partial charge in [-0.25, -0.2) is 0 Å². The van der Waals surface area contributed by atoms with Crippen molar-refractivity contribution < 1.29 is 9.59 Å². The molecule has 0 radical (unpaired) electrons. The fourth-order valence-corrected chi connectivity index (χ4v) is 4.10. The van der Waals surface area contributed by atoms with E-state index < -0.39 is 0 Å². The van der Waals surface area contributed by atoms with Crippen LogP contribution in [0, 0.1) is 5.92 Å². The van der Waals surface area contributed by atoms with Gasteiger partial charge >= 0.3 is 0 Å². The number of amides is 2. The van der Waals surface area contributed by atoms with Crippen LogP contribution < -0.4 is 10.6 Å². The quantitative estimate of drug-likeness (QED) is 0.899. The van der Waals surface area contributed by atoms with Crippen LogP contribution in [0.1, 0.15) is 32.1 Å². The average Bonchev–Trinajstić information content (AvgIpc) is 3.12. The first-order chi connectivity index (χ1) is 10.2. The molecule has 112 valence electrons. The Morgan fingerprint density at radius 3 is 2.52 bits per heavy atom. The van der Waals surface area contributed by atoms with Crippen molar-refractivity contribution in [2.45, 2.75) is 42.2 Å². The van der Waals surface area contributed by atoms with Gasteiger partial charge in [-0.15, -0.1) is 11.8 Å². The highest BCUT2D eigenvalue weighted by atomic mass is 32.2. The monoisotopic (exact) mass is 304 g/mol. The van der Waals surface area contributed by atoms with Gasteiger partial charge in [-0.05, 0) is 37.1 Å². The number of thioether (sulfide) groups is 1. The van der Waals surface area contributed by atoms with Crippen LogP contribution in [0.25, 0.3) is 0 Å². The van der Waals surface area contributed by atoms with Gasteiger partial charge in [0, 0.05) is 28.8 Å². The molecule has 1 saturated carbocycles. The Hall–Kier alpha value is -1.49. The Bertz CT molecular complexity index is 524. The second-order valence-electron chi connectivity index (χ2n) is 5.74. The number of nitrogens with one attached hydrogen (secondary N) is 2. The number of hydrogen-bond acceptors (Lipinski definition) is 3. The highest BCUT2D eigenvalue weighted by molar-refractivity contribution is 8.00. The molecule has 3 rings (SSSR count). The minimum Gasteiger partial charge on any atom is -0.355 e. The maximum Gasteiger partial charge on any atom is 0.229 e. The van der Waals surface area contributed by atoms with Gasteiger partial charge in [-0.2, -0.15) is 0 Å². The largest absolute Gasteiger partial charge is 0.355 e. The smallest absolute Gasteiger partial charge is 0.229 e. The first-order valence-electron chi connectivity index (χ1n) is 7.55. The zero-order valence-corrected chi connectivity index (χ0v) is 12.7. The second-order valence-corrected chi connectivity index (χ2v) is 7.12. The summed E-state index contributed by atoms with van der Waals surface area (Å²) in [5.74, 6) is -0.368. The summed E-state index contributed by atoms with van der Waals surface area (Å²) in [6.45, 7) is 0.445. The standard InChI is InChI=1S/C16H20N2O2S/c19-15-9-11(10-17-15)16(20)18-12-5-7-14(8-6-12)21-13-3-1-2-4-13/h5-8,11,13H,1-4,9-10H2,(H,17,19)(H,18,20). The Kier molecular flexibility index (Phi) is 4.48. The number of carbonyl (C=O) groups is 2. The van der Waals surface area contributed by atoms with E-state index in [1.165, 1.54) is 30.6 Å². The van der Waals surface area contributed by atoms with Crippen LogP contribution in [-0.4, -0.2) is 23.6 Å². The van der Waals surface area contributed by atoms with E-state index in [1.807, 2.05) is 23.9 Å². The van der Waals surface area contributed by atoms with Gasteiger partial charge in [0.2, 0.25) is 11.8 Å². The summed E-state index contributed by atoms with van der Waals surface area (Å²) in [5.41, 5.74) is 0.801. The molecule has 4 nitrogen and oxygen atoms in total. The number of anilines is 1. The Morgan fingerprint density at radius 2 is 1.90 bits per heavy atom. The van der Waals surface area contributed by atoms with Gasteiger partial charge in [0.15, 0.2) is 0 Å². The number of benzene rings is 1. The maximum absolute atomic E-state index is 12.0. The second kappa shape index (κ2) is 6.52. The van der Waals surface area contributed by atoms with Crippen molar-refractivity contribution in [1.29, 1.82) is 0 Å². The first-order valence-corrected chi connectivity index (χ1v) is 8.43. The minimum atomic E-state index is -0.245. The van der Waals surface area contributed by atoms with Gasteiger partial charge < -0.3 is 10.6 Å². The molecule has 2 amide bonds. The average molecular weight is 304 g/mol. The van der Waals surface area contributed by atoms with E-state index in [4.69, 9.17) is 0 Å². The molecule has 2 aliphatic rings. The third-order valence-electron chi connectivity index (χ3n) is 4.08. The molecule has 1 aromatic carbocycles. The summed E-state index contributed by atoms with van der Waals surface area (Å²) >= 11 is 1.94. The van der Waals surface area contributed by atoms with E-state index in [0.29, 0.717) is 13.0 Å². The Morgan fingerprint density at radius 1 is 1.19 bits per heavy atom. The fraction of sp³-hybridized carbons (Fsp3) is 0.500. The predicted octanol–water partition coefficient (Wildman–Crippen LogP) is 2.80. The van der Waals surface area contributed by atoms with Crippen LogP contribution in [-0.2, 0) is 9.59 Å². The molecule has 1 unspecified atom stereocenters. The third kappa shape index (κ3) is 3.79. The van der Waals surface area contributed by atoms with Crippen LogP contribution in [0.5, 0.6) is 0 Å². The summed E-state index contributed by atoms with van der Waals surface area (Å²) < 4.78 is 0. The zero-order valence-electron chi connectivity index (χ0n) is 11.9.